The van der Waals surface area contributed by atoms with E-state index >= 15 is 0 Å². The van der Waals surface area contributed by atoms with Crippen molar-refractivity contribution in [3.63, 3.8) is 0 Å². The van der Waals surface area contributed by atoms with Crippen LogP contribution < -0.4 is 4.40 Å². The van der Waals surface area contributed by atoms with Crippen molar-refractivity contribution in [2.75, 3.05) is 0 Å². The van der Waals surface area contributed by atoms with Gasteiger partial charge in [0.1, 0.15) is 0 Å². The molecule has 0 fully saturated rings. The third-order valence-corrected chi connectivity index (χ3v) is 11.1. The van der Waals surface area contributed by atoms with Crippen LogP contribution in [0.1, 0.15) is 26.3 Å². The Morgan fingerprint density at radius 1 is 0.725 bits per heavy atom. The molecule has 3 nitrogen and oxygen atoms in total. The van der Waals surface area contributed by atoms with Crippen LogP contribution in [0, 0.1) is 12.1 Å². The van der Waals surface area contributed by atoms with Crippen molar-refractivity contribution in [2.45, 2.75) is 43.5 Å². The summed E-state index contributed by atoms with van der Waals surface area (Å²) in [6, 6.07) is 35.1. The van der Waals surface area contributed by atoms with E-state index in [0.717, 1.165) is 44.5 Å². The Kier molecular flexibility index (Phi) is 9.14. The van der Waals surface area contributed by atoms with E-state index < -0.39 is 13.3 Å². The van der Waals surface area contributed by atoms with E-state index in [2.05, 4.69) is 91.6 Å². The Labute approximate surface area is 253 Å². The van der Waals surface area contributed by atoms with Gasteiger partial charge in [-0.1, -0.05) is 12.1 Å². The molecule has 0 aliphatic rings. The summed E-state index contributed by atoms with van der Waals surface area (Å²) in [7, 11) is 0. The topological polar surface area (TPSA) is 38.9 Å². The number of rotatable bonds is 3. The van der Waals surface area contributed by atoms with Crippen molar-refractivity contribution in [1.82, 2.24) is 9.97 Å². The van der Waals surface area contributed by atoms with Gasteiger partial charge in [0.15, 0.2) is 0 Å². The summed E-state index contributed by atoms with van der Waals surface area (Å²) in [5.74, 6) is 7.22. The van der Waals surface area contributed by atoms with E-state index in [1.54, 1.807) is 6.20 Å². The minimum Gasteiger partial charge on any atom is -0.305 e. The zero-order valence-corrected chi connectivity index (χ0v) is 28.4. The van der Waals surface area contributed by atoms with Crippen molar-refractivity contribution < 1.29 is 24.5 Å². The summed E-state index contributed by atoms with van der Waals surface area (Å²) in [6.07, 6.45) is 3.73. The third-order valence-electron chi connectivity index (χ3n) is 6.78. The molecule has 0 saturated heterocycles. The standard InChI is InChI=1S/C24H26GeNO.C11H8N.Ir/c1-24(2,3)20-12-8-11-18-19-15-26-21(14-22(19)27-23(18)20)16-9-7-10-17(13-16)25(4,5)6;1-2-6-10(7-3-1)11-8-4-5-9-12-11;/h7-8,10-15H,1-6H3;1-6,8-9H;/q2*-1;. The molecule has 0 bridgehead atoms. The maximum Gasteiger partial charge on any atom is 0.0160 e. The van der Waals surface area contributed by atoms with Crippen molar-refractivity contribution >= 4 is 39.6 Å². The summed E-state index contributed by atoms with van der Waals surface area (Å²) in [4.78, 5) is 8.96. The zero-order chi connectivity index (χ0) is 27.6. The van der Waals surface area contributed by atoms with Crippen LogP contribution in [0.4, 0.5) is 0 Å². The summed E-state index contributed by atoms with van der Waals surface area (Å²) in [5, 5.41) is 2.21. The second-order valence-electron chi connectivity index (χ2n) is 11.8. The van der Waals surface area contributed by atoms with Gasteiger partial charge in [-0.05, 0) is 11.8 Å². The average molecular weight is 763 g/mol. The van der Waals surface area contributed by atoms with Crippen molar-refractivity contribution in [3.05, 3.63) is 115 Å². The van der Waals surface area contributed by atoms with E-state index in [9.17, 15) is 0 Å². The van der Waals surface area contributed by atoms with Crippen molar-refractivity contribution in [1.29, 1.82) is 0 Å². The molecule has 0 aliphatic heterocycles. The zero-order valence-electron chi connectivity index (χ0n) is 23.9. The van der Waals surface area contributed by atoms with Gasteiger partial charge in [-0.2, -0.15) is 0 Å². The van der Waals surface area contributed by atoms with Crippen molar-refractivity contribution in [3.8, 4) is 22.5 Å². The average Bonchev–Trinajstić information content (AvgIpc) is 3.31. The Hall–Kier alpha value is -3.05. The number of benzene rings is 3. The SMILES string of the molecule is CC(C)(C)c1cccc2c1oc1cc(-c3[c-]cc[c]([Ge]([CH3])([CH3])[CH3])c3)ncc12.[Ir].[c-]1ccccc1-c1ccccn1. The first-order valence-electron chi connectivity index (χ1n) is 13.3. The molecule has 0 atom stereocenters. The van der Waals surface area contributed by atoms with E-state index in [0.29, 0.717) is 0 Å². The van der Waals surface area contributed by atoms with Gasteiger partial charge in [-0.25, -0.2) is 0 Å². The smallest absolute Gasteiger partial charge is 0.0160 e. The summed E-state index contributed by atoms with van der Waals surface area (Å²) in [6.45, 7) is 6.66. The second-order valence-corrected chi connectivity index (χ2v) is 22.5. The predicted molar refractivity (Wildman–Crippen MR) is 166 cm³/mol. The normalized spacial score (nSPS) is 11.6. The predicted octanol–water partition coefficient (Wildman–Crippen LogP) is 8.84. The van der Waals surface area contributed by atoms with E-state index in [1.807, 2.05) is 54.7 Å². The molecule has 3 aromatic carbocycles. The van der Waals surface area contributed by atoms with E-state index in [4.69, 9.17) is 9.40 Å². The van der Waals surface area contributed by atoms with Gasteiger partial charge >= 0.3 is 164 Å². The Morgan fingerprint density at radius 3 is 2.17 bits per heavy atom. The van der Waals surface area contributed by atoms with Gasteiger partial charge < -0.3 is 4.98 Å². The third kappa shape index (κ3) is 6.63. The Bertz CT molecular complexity index is 1680. The molecule has 0 unspecified atom stereocenters. The molecule has 6 aromatic rings. The fraction of sp³-hybridized carbons (Fsp3) is 0.200. The van der Waals surface area contributed by atoms with Gasteiger partial charge in [0.05, 0.1) is 0 Å². The number of aromatic nitrogens is 2. The van der Waals surface area contributed by atoms with Gasteiger partial charge in [-0.15, -0.1) is 35.9 Å². The molecular weight excluding hydrogens is 729 g/mol. The maximum atomic E-state index is 6.33. The molecule has 5 heteroatoms. The monoisotopic (exact) mass is 765 g/mol. The minimum atomic E-state index is -1.89. The summed E-state index contributed by atoms with van der Waals surface area (Å²) >= 11 is -1.89. The first-order valence-corrected chi connectivity index (χ1v) is 20.7. The molecule has 0 saturated carbocycles. The number of nitrogens with zero attached hydrogens (tertiary/aromatic N) is 2. The summed E-state index contributed by atoms with van der Waals surface area (Å²) < 4.78 is 7.79. The van der Waals surface area contributed by atoms with E-state index in [1.165, 1.54) is 9.96 Å². The van der Waals surface area contributed by atoms with Crippen LogP contribution in [0.25, 0.3) is 44.5 Å². The fourth-order valence-corrected chi connectivity index (χ4v) is 7.02. The van der Waals surface area contributed by atoms with Gasteiger partial charge in [0.25, 0.3) is 0 Å². The van der Waals surface area contributed by atoms with Crippen molar-refractivity contribution in [2.24, 2.45) is 0 Å². The molecule has 205 valence electrons. The number of hydrogen-bond donors (Lipinski definition) is 0. The number of pyridine rings is 2. The Balaban J connectivity index is 0.000000238. The second kappa shape index (κ2) is 12.2. The largest absolute Gasteiger partial charge is 0.305 e. The molecular formula is C35H34GeIrN2O-2. The first-order chi connectivity index (χ1) is 18.6. The molecule has 3 aromatic heterocycles. The number of hydrogen-bond acceptors (Lipinski definition) is 3. The van der Waals surface area contributed by atoms with Crippen LogP contribution in [0.2, 0.25) is 17.3 Å². The van der Waals surface area contributed by atoms with Gasteiger partial charge in [-0.3, -0.25) is 0 Å². The molecule has 0 aliphatic carbocycles. The number of furan rings is 1. The first kappa shape index (κ1) is 29.9. The quantitative estimate of drug-likeness (QED) is 0.134. The maximum absolute atomic E-state index is 6.33. The molecule has 0 amide bonds. The number of para-hydroxylation sites is 1. The van der Waals surface area contributed by atoms with Crippen LogP contribution >= 0.6 is 0 Å². The van der Waals surface area contributed by atoms with Crippen LogP contribution in [0.3, 0.4) is 0 Å². The van der Waals surface area contributed by atoms with Crippen LogP contribution in [-0.2, 0) is 25.5 Å². The minimum absolute atomic E-state index is 0. The fourth-order valence-electron chi connectivity index (χ4n) is 4.59. The van der Waals surface area contributed by atoms with Crippen LogP contribution in [0.5, 0.6) is 0 Å². The molecule has 0 N–H and O–H groups in total. The van der Waals surface area contributed by atoms with E-state index in [-0.39, 0.29) is 25.5 Å². The number of fused-ring (bicyclic) bond motifs is 3. The molecule has 6 rings (SSSR count). The Morgan fingerprint density at radius 2 is 1.50 bits per heavy atom. The molecule has 1 radical (unpaired) electrons. The van der Waals surface area contributed by atoms with Gasteiger partial charge in [0, 0.05) is 26.3 Å². The molecule has 40 heavy (non-hydrogen) atoms. The molecule has 0 spiro atoms. The molecule has 3 heterocycles. The van der Waals surface area contributed by atoms with Crippen LogP contribution in [0.15, 0.2) is 102 Å². The van der Waals surface area contributed by atoms with Gasteiger partial charge in [0.2, 0.25) is 0 Å². The van der Waals surface area contributed by atoms with Crippen LogP contribution in [-0.4, -0.2) is 23.2 Å². The summed E-state index contributed by atoms with van der Waals surface area (Å²) in [5.41, 5.74) is 7.11.